The minimum absolute atomic E-state index is 0.0889. The molecule has 1 aromatic rings. The number of thiophene rings is 1. The monoisotopic (exact) mass is 310 g/mol. The van der Waals surface area contributed by atoms with Crippen molar-refractivity contribution in [2.45, 2.75) is 18.6 Å². The van der Waals surface area contributed by atoms with Crippen LogP contribution in [0.25, 0.3) is 0 Å². The fourth-order valence-electron chi connectivity index (χ4n) is 3.52. The molecule has 1 spiro atoms. The van der Waals surface area contributed by atoms with Gasteiger partial charge >= 0.3 is 0 Å². The van der Waals surface area contributed by atoms with E-state index in [0.717, 1.165) is 52.4 Å². The molecule has 4 nitrogen and oxygen atoms in total. The standard InChI is InChI=1S/C16H26N2O2S/c1-17(2)9-14-8-16(20-11-14)12-18(5-6-19-13-16)10-15-4-3-7-21-15/h3-4,7,14H,5-6,8-13H2,1-2H3/t14-,16-/m0/s1. The molecule has 118 valence electrons. The van der Waals surface area contributed by atoms with Crippen LogP contribution in [-0.2, 0) is 16.0 Å². The van der Waals surface area contributed by atoms with Crippen molar-refractivity contribution in [2.75, 3.05) is 53.6 Å². The lowest BCUT2D eigenvalue weighted by Gasteiger charge is -2.31. The zero-order valence-corrected chi connectivity index (χ0v) is 13.9. The molecule has 3 heterocycles. The van der Waals surface area contributed by atoms with Gasteiger partial charge in [0, 0.05) is 31.1 Å². The Morgan fingerprint density at radius 3 is 3.14 bits per heavy atom. The van der Waals surface area contributed by atoms with E-state index in [1.165, 1.54) is 4.88 Å². The van der Waals surface area contributed by atoms with E-state index in [1.807, 2.05) is 11.3 Å². The summed E-state index contributed by atoms with van der Waals surface area (Å²) >= 11 is 1.83. The summed E-state index contributed by atoms with van der Waals surface area (Å²) < 4.78 is 12.1. The van der Waals surface area contributed by atoms with Gasteiger partial charge in [0.25, 0.3) is 0 Å². The van der Waals surface area contributed by atoms with Gasteiger partial charge in [-0.05, 0) is 37.9 Å². The molecule has 0 amide bonds. The third kappa shape index (κ3) is 4.05. The zero-order chi connectivity index (χ0) is 14.7. The Kier molecular flexibility index (Phi) is 4.96. The molecule has 2 saturated heterocycles. The van der Waals surface area contributed by atoms with E-state index in [-0.39, 0.29) is 5.60 Å². The summed E-state index contributed by atoms with van der Waals surface area (Å²) in [4.78, 5) is 6.18. The largest absolute Gasteiger partial charge is 0.377 e. The zero-order valence-electron chi connectivity index (χ0n) is 13.1. The molecule has 2 aliphatic heterocycles. The predicted molar refractivity (Wildman–Crippen MR) is 85.8 cm³/mol. The molecule has 0 saturated carbocycles. The lowest BCUT2D eigenvalue weighted by molar-refractivity contribution is -0.0562. The van der Waals surface area contributed by atoms with Crippen molar-refractivity contribution in [1.82, 2.24) is 9.80 Å². The molecule has 0 aromatic carbocycles. The SMILES string of the molecule is CN(C)C[C@H]1CO[C@@]2(COCCN(Cc3cccs3)C2)C1. The summed E-state index contributed by atoms with van der Waals surface area (Å²) in [5.74, 6) is 0.630. The van der Waals surface area contributed by atoms with E-state index in [2.05, 4.69) is 41.4 Å². The molecule has 21 heavy (non-hydrogen) atoms. The summed E-state index contributed by atoms with van der Waals surface area (Å²) in [6.45, 7) is 6.55. The molecular weight excluding hydrogens is 284 g/mol. The third-order valence-corrected chi connectivity index (χ3v) is 5.16. The van der Waals surface area contributed by atoms with Gasteiger partial charge in [0.15, 0.2) is 0 Å². The third-order valence-electron chi connectivity index (χ3n) is 4.30. The average Bonchev–Trinajstić information content (AvgIpc) is 3.00. The van der Waals surface area contributed by atoms with Crippen molar-refractivity contribution in [3.8, 4) is 0 Å². The van der Waals surface area contributed by atoms with Gasteiger partial charge in [0.1, 0.15) is 5.60 Å². The van der Waals surface area contributed by atoms with Crippen molar-refractivity contribution in [2.24, 2.45) is 5.92 Å². The molecule has 0 aliphatic carbocycles. The van der Waals surface area contributed by atoms with Crippen molar-refractivity contribution in [3.63, 3.8) is 0 Å². The van der Waals surface area contributed by atoms with Crippen molar-refractivity contribution >= 4 is 11.3 Å². The first kappa shape index (κ1) is 15.4. The second-order valence-electron chi connectivity index (χ2n) is 6.67. The molecule has 0 radical (unpaired) electrons. The van der Waals surface area contributed by atoms with Crippen LogP contribution in [0, 0.1) is 5.92 Å². The topological polar surface area (TPSA) is 24.9 Å². The summed E-state index contributed by atoms with van der Waals surface area (Å²) in [5, 5.41) is 2.15. The Morgan fingerprint density at radius 2 is 2.38 bits per heavy atom. The minimum atomic E-state index is -0.0889. The lowest BCUT2D eigenvalue weighted by Crippen LogP contribution is -2.43. The predicted octanol–water partition coefficient (Wildman–Crippen LogP) is 1.92. The van der Waals surface area contributed by atoms with Crippen LogP contribution in [0.4, 0.5) is 0 Å². The van der Waals surface area contributed by atoms with Crippen molar-refractivity contribution in [3.05, 3.63) is 22.4 Å². The molecule has 5 heteroatoms. The number of rotatable bonds is 4. The van der Waals surface area contributed by atoms with Crippen LogP contribution in [0.15, 0.2) is 17.5 Å². The van der Waals surface area contributed by atoms with Crippen LogP contribution < -0.4 is 0 Å². The highest BCUT2D eigenvalue weighted by Gasteiger charge is 2.43. The van der Waals surface area contributed by atoms with E-state index in [4.69, 9.17) is 9.47 Å². The molecule has 0 N–H and O–H groups in total. The fourth-order valence-corrected chi connectivity index (χ4v) is 4.27. The molecule has 0 unspecified atom stereocenters. The first-order valence-corrected chi connectivity index (χ1v) is 8.64. The van der Waals surface area contributed by atoms with E-state index in [9.17, 15) is 0 Å². The van der Waals surface area contributed by atoms with E-state index < -0.39 is 0 Å². The van der Waals surface area contributed by atoms with Crippen LogP contribution in [-0.4, -0.2) is 69.0 Å². The van der Waals surface area contributed by atoms with Crippen LogP contribution in [0.5, 0.6) is 0 Å². The summed E-state index contributed by atoms with van der Waals surface area (Å²) in [6.07, 6.45) is 1.12. The Bertz CT molecular complexity index is 437. The molecule has 2 fully saturated rings. The Balaban J connectivity index is 1.62. The number of hydrogen-bond acceptors (Lipinski definition) is 5. The Hall–Kier alpha value is -0.460. The van der Waals surface area contributed by atoms with Gasteiger partial charge < -0.3 is 14.4 Å². The summed E-state index contributed by atoms with van der Waals surface area (Å²) in [7, 11) is 4.27. The van der Waals surface area contributed by atoms with Crippen molar-refractivity contribution < 1.29 is 9.47 Å². The highest BCUT2D eigenvalue weighted by molar-refractivity contribution is 7.09. The van der Waals surface area contributed by atoms with Crippen LogP contribution in [0.2, 0.25) is 0 Å². The molecule has 3 rings (SSSR count). The van der Waals surface area contributed by atoms with Gasteiger partial charge in [-0.3, -0.25) is 4.90 Å². The second kappa shape index (κ2) is 6.75. The van der Waals surface area contributed by atoms with Gasteiger partial charge in [-0.1, -0.05) is 6.07 Å². The summed E-state index contributed by atoms with van der Waals surface area (Å²) in [6, 6.07) is 4.34. The smallest absolute Gasteiger partial charge is 0.104 e. The van der Waals surface area contributed by atoms with E-state index in [0.29, 0.717) is 5.92 Å². The normalized spacial score (nSPS) is 31.1. The first-order valence-electron chi connectivity index (χ1n) is 7.76. The van der Waals surface area contributed by atoms with Gasteiger partial charge in [0.2, 0.25) is 0 Å². The van der Waals surface area contributed by atoms with E-state index in [1.54, 1.807) is 0 Å². The minimum Gasteiger partial charge on any atom is -0.377 e. The van der Waals surface area contributed by atoms with Gasteiger partial charge in [-0.15, -0.1) is 11.3 Å². The molecule has 2 atom stereocenters. The molecule has 1 aromatic heterocycles. The first-order chi connectivity index (χ1) is 10.2. The van der Waals surface area contributed by atoms with Gasteiger partial charge in [-0.25, -0.2) is 0 Å². The lowest BCUT2D eigenvalue weighted by atomic mass is 9.94. The highest BCUT2D eigenvalue weighted by Crippen LogP contribution is 2.33. The van der Waals surface area contributed by atoms with Gasteiger partial charge in [-0.2, -0.15) is 0 Å². The molecule has 2 aliphatic rings. The van der Waals surface area contributed by atoms with Crippen LogP contribution >= 0.6 is 11.3 Å². The average molecular weight is 310 g/mol. The molecule has 0 bridgehead atoms. The Morgan fingerprint density at radius 1 is 1.48 bits per heavy atom. The number of nitrogens with zero attached hydrogens (tertiary/aromatic N) is 2. The number of hydrogen-bond donors (Lipinski definition) is 0. The highest BCUT2D eigenvalue weighted by atomic mass is 32.1. The van der Waals surface area contributed by atoms with E-state index >= 15 is 0 Å². The second-order valence-corrected chi connectivity index (χ2v) is 7.70. The van der Waals surface area contributed by atoms with Gasteiger partial charge in [0.05, 0.1) is 19.8 Å². The Labute approximate surface area is 131 Å². The maximum Gasteiger partial charge on any atom is 0.104 e. The quantitative estimate of drug-likeness (QED) is 0.848. The maximum absolute atomic E-state index is 6.23. The van der Waals surface area contributed by atoms with Crippen LogP contribution in [0.1, 0.15) is 11.3 Å². The maximum atomic E-state index is 6.23. The van der Waals surface area contributed by atoms with Crippen molar-refractivity contribution in [1.29, 1.82) is 0 Å². The van der Waals surface area contributed by atoms with Crippen LogP contribution in [0.3, 0.4) is 0 Å². The fraction of sp³-hybridized carbons (Fsp3) is 0.750. The number of ether oxygens (including phenoxy) is 2. The molecular formula is C16H26N2O2S. The summed E-state index contributed by atoms with van der Waals surface area (Å²) in [5.41, 5.74) is -0.0889.